The fourth-order valence-electron chi connectivity index (χ4n) is 1.98. The molecule has 2 rings (SSSR count). The Kier molecular flexibility index (Phi) is 2.92. The molecule has 86 valence electrons. The molecule has 0 aliphatic heterocycles. The fraction of sp³-hybridized carbons (Fsp3) is 0.500. The van der Waals surface area contributed by atoms with E-state index in [4.69, 9.17) is 0 Å². The van der Waals surface area contributed by atoms with Crippen molar-refractivity contribution in [3.05, 3.63) is 39.9 Å². The van der Waals surface area contributed by atoms with Crippen molar-refractivity contribution < 1.29 is 4.92 Å². The Balaban J connectivity index is 1.98. The van der Waals surface area contributed by atoms with Gasteiger partial charge < -0.3 is 5.32 Å². The van der Waals surface area contributed by atoms with Crippen LogP contribution in [-0.4, -0.2) is 10.5 Å². The molecule has 1 N–H and O–H groups in total. The minimum atomic E-state index is -0.353. The second kappa shape index (κ2) is 4.22. The van der Waals surface area contributed by atoms with Crippen LogP contribution in [0.1, 0.15) is 31.7 Å². The van der Waals surface area contributed by atoms with Gasteiger partial charge in [-0.1, -0.05) is 12.1 Å². The lowest BCUT2D eigenvalue weighted by molar-refractivity contribution is -0.384. The van der Waals surface area contributed by atoms with E-state index in [0.29, 0.717) is 6.54 Å². The number of rotatable bonds is 4. The first-order chi connectivity index (χ1) is 7.59. The van der Waals surface area contributed by atoms with E-state index in [1.54, 1.807) is 12.1 Å². The van der Waals surface area contributed by atoms with Crippen LogP contribution >= 0.6 is 0 Å². The van der Waals surface area contributed by atoms with Gasteiger partial charge in [0, 0.05) is 24.2 Å². The molecule has 1 aromatic carbocycles. The lowest BCUT2D eigenvalue weighted by Crippen LogP contribution is -2.47. The predicted molar refractivity (Wildman–Crippen MR) is 62.2 cm³/mol. The molecule has 1 aromatic rings. The lowest BCUT2D eigenvalue weighted by atomic mass is 9.78. The maximum Gasteiger partial charge on any atom is 0.269 e. The molecule has 4 heteroatoms. The van der Waals surface area contributed by atoms with Gasteiger partial charge in [0.1, 0.15) is 0 Å². The zero-order valence-corrected chi connectivity index (χ0v) is 9.40. The molecule has 0 spiro atoms. The highest BCUT2D eigenvalue weighted by Crippen LogP contribution is 2.31. The Morgan fingerprint density at radius 3 is 2.81 bits per heavy atom. The van der Waals surface area contributed by atoms with E-state index < -0.39 is 0 Å². The van der Waals surface area contributed by atoms with Crippen molar-refractivity contribution in [2.24, 2.45) is 0 Å². The minimum Gasteiger partial charge on any atom is -0.307 e. The first-order valence-electron chi connectivity index (χ1n) is 5.57. The summed E-state index contributed by atoms with van der Waals surface area (Å²) < 4.78 is 0. The summed E-state index contributed by atoms with van der Waals surface area (Å²) in [6, 6.07) is 6.81. The Labute approximate surface area is 94.8 Å². The Morgan fingerprint density at radius 2 is 2.25 bits per heavy atom. The largest absolute Gasteiger partial charge is 0.307 e. The van der Waals surface area contributed by atoms with Crippen LogP contribution in [0.2, 0.25) is 0 Å². The monoisotopic (exact) mass is 220 g/mol. The molecule has 0 amide bonds. The van der Waals surface area contributed by atoms with Gasteiger partial charge in [0.15, 0.2) is 0 Å². The lowest BCUT2D eigenvalue weighted by Gasteiger charge is -2.39. The number of nitro benzene ring substituents is 1. The molecule has 0 unspecified atom stereocenters. The first-order valence-corrected chi connectivity index (χ1v) is 5.57. The third-order valence-corrected chi connectivity index (χ3v) is 3.30. The Morgan fingerprint density at radius 1 is 1.50 bits per heavy atom. The zero-order chi connectivity index (χ0) is 11.6. The zero-order valence-electron chi connectivity index (χ0n) is 9.40. The molecule has 1 aliphatic carbocycles. The van der Waals surface area contributed by atoms with E-state index in [0.717, 1.165) is 5.56 Å². The van der Waals surface area contributed by atoms with Crippen LogP contribution in [0.15, 0.2) is 24.3 Å². The molecule has 0 radical (unpaired) electrons. The van der Waals surface area contributed by atoms with E-state index in [9.17, 15) is 10.1 Å². The molecule has 16 heavy (non-hydrogen) atoms. The second-order valence-electron chi connectivity index (χ2n) is 4.69. The molecular weight excluding hydrogens is 204 g/mol. The van der Waals surface area contributed by atoms with Crippen molar-refractivity contribution >= 4 is 5.69 Å². The van der Waals surface area contributed by atoms with Gasteiger partial charge in [0.25, 0.3) is 5.69 Å². The van der Waals surface area contributed by atoms with Crippen molar-refractivity contribution in [3.63, 3.8) is 0 Å². The van der Waals surface area contributed by atoms with E-state index in [-0.39, 0.29) is 16.1 Å². The van der Waals surface area contributed by atoms with Gasteiger partial charge in [0.2, 0.25) is 0 Å². The van der Waals surface area contributed by atoms with E-state index >= 15 is 0 Å². The van der Waals surface area contributed by atoms with Crippen molar-refractivity contribution in [2.45, 2.75) is 38.3 Å². The summed E-state index contributed by atoms with van der Waals surface area (Å²) in [5, 5.41) is 14.1. The summed E-state index contributed by atoms with van der Waals surface area (Å²) in [5.41, 5.74) is 1.38. The van der Waals surface area contributed by atoms with Crippen molar-refractivity contribution in [1.82, 2.24) is 5.32 Å². The summed E-state index contributed by atoms with van der Waals surface area (Å²) in [4.78, 5) is 10.3. The number of non-ortho nitro benzene ring substituents is 1. The maximum atomic E-state index is 10.6. The van der Waals surface area contributed by atoms with E-state index in [1.807, 2.05) is 6.07 Å². The predicted octanol–water partition coefficient (Wildman–Crippen LogP) is 2.63. The van der Waals surface area contributed by atoms with Crippen LogP contribution < -0.4 is 5.32 Å². The average molecular weight is 220 g/mol. The van der Waals surface area contributed by atoms with Gasteiger partial charge in [-0.3, -0.25) is 10.1 Å². The second-order valence-corrected chi connectivity index (χ2v) is 4.69. The number of nitrogens with zero attached hydrogens (tertiary/aromatic N) is 1. The number of nitro groups is 1. The number of nitrogens with one attached hydrogen (secondary N) is 1. The number of hydrogen-bond acceptors (Lipinski definition) is 3. The molecule has 4 nitrogen and oxygen atoms in total. The molecule has 0 aromatic heterocycles. The van der Waals surface area contributed by atoms with Crippen molar-refractivity contribution in [3.8, 4) is 0 Å². The van der Waals surface area contributed by atoms with Crippen LogP contribution in [0.3, 0.4) is 0 Å². The fourth-order valence-corrected chi connectivity index (χ4v) is 1.98. The Hall–Kier alpha value is -1.42. The highest BCUT2D eigenvalue weighted by molar-refractivity contribution is 5.34. The molecule has 0 saturated heterocycles. The quantitative estimate of drug-likeness (QED) is 0.626. The summed E-state index contributed by atoms with van der Waals surface area (Å²) in [5.74, 6) is 0. The topological polar surface area (TPSA) is 55.2 Å². The number of hydrogen-bond donors (Lipinski definition) is 1. The smallest absolute Gasteiger partial charge is 0.269 e. The minimum absolute atomic E-state index is 0.165. The molecule has 1 fully saturated rings. The highest BCUT2D eigenvalue weighted by atomic mass is 16.6. The SMILES string of the molecule is CC1(NCc2cccc([N+](=O)[O-])c2)CCC1. The molecule has 0 heterocycles. The first kappa shape index (κ1) is 11.1. The summed E-state index contributed by atoms with van der Waals surface area (Å²) in [6.07, 6.45) is 3.67. The van der Waals surface area contributed by atoms with Gasteiger partial charge in [-0.2, -0.15) is 0 Å². The van der Waals surface area contributed by atoms with E-state index in [1.165, 1.54) is 25.3 Å². The van der Waals surface area contributed by atoms with E-state index in [2.05, 4.69) is 12.2 Å². The Bertz CT molecular complexity index is 400. The molecule has 0 bridgehead atoms. The third-order valence-electron chi connectivity index (χ3n) is 3.30. The van der Waals surface area contributed by atoms with Crippen LogP contribution in [0.25, 0.3) is 0 Å². The van der Waals surface area contributed by atoms with Crippen LogP contribution in [0, 0.1) is 10.1 Å². The molecule has 1 aliphatic rings. The highest BCUT2D eigenvalue weighted by Gasteiger charge is 2.30. The normalized spacial score (nSPS) is 17.8. The van der Waals surface area contributed by atoms with Crippen molar-refractivity contribution in [2.75, 3.05) is 0 Å². The standard InChI is InChI=1S/C12H16N2O2/c1-12(6-3-7-12)13-9-10-4-2-5-11(8-10)14(15)16/h2,4-5,8,13H,3,6-7,9H2,1H3. The average Bonchev–Trinajstić information content (AvgIpc) is 2.24. The van der Waals surface area contributed by atoms with Crippen LogP contribution in [0.4, 0.5) is 5.69 Å². The molecule has 0 atom stereocenters. The van der Waals surface area contributed by atoms with Gasteiger partial charge in [0.05, 0.1) is 4.92 Å². The van der Waals surface area contributed by atoms with Crippen molar-refractivity contribution in [1.29, 1.82) is 0 Å². The van der Waals surface area contributed by atoms with Gasteiger partial charge >= 0.3 is 0 Å². The van der Waals surface area contributed by atoms with Crippen LogP contribution in [-0.2, 0) is 6.54 Å². The third kappa shape index (κ3) is 2.39. The van der Waals surface area contributed by atoms with Crippen LogP contribution in [0.5, 0.6) is 0 Å². The van der Waals surface area contributed by atoms with Gasteiger partial charge in [-0.15, -0.1) is 0 Å². The van der Waals surface area contributed by atoms with Gasteiger partial charge in [-0.25, -0.2) is 0 Å². The summed E-state index contributed by atoms with van der Waals surface area (Å²) in [6.45, 7) is 2.91. The maximum absolute atomic E-state index is 10.6. The molecule has 1 saturated carbocycles. The number of benzene rings is 1. The molecular formula is C12H16N2O2. The summed E-state index contributed by atoms with van der Waals surface area (Å²) >= 11 is 0. The summed E-state index contributed by atoms with van der Waals surface area (Å²) in [7, 11) is 0. The van der Waals surface area contributed by atoms with Gasteiger partial charge in [-0.05, 0) is 31.7 Å².